The molecule has 0 aromatic carbocycles. The lowest BCUT2D eigenvalue weighted by molar-refractivity contribution is -0.188. The highest BCUT2D eigenvalue weighted by Gasteiger charge is 2.53. The number of carbonyl (C=O) groups is 2. The Balaban J connectivity index is 2.72. The van der Waals surface area contributed by atoms with Crippen molar-refractivity contribution in [2.75, 3.05) is 26.8 Å². The Labute approximate surface area is 102 Å². The molecule has 5 nitrogen and oxygen atoms in total. The molecule has 1 saturated heterocycles. The largest absolute Gasteiger partial charge is 0.481 e. The highest BCUT2D eigenvalue weighted by Crippen LogP contribution is 2.37. The number of likely N-dealkylation sites (tertiary alicyclic amines) is 1. The summed E-state index contributed by atoms with van der Waals surface area (Å²) in [4.78, 5) is 23.2. The van der Waals surface area contributed by atoms with Gasteiger partial charge in [0.05, 0.1) is 24.9 Å². The third-order valence-electron chi connectivity index (χ3n) is 2.93. The molecule has 0 unspecified atom stereocenters. The molecule has 1 rings (SSSR count). The molecule has 0 aromatic rings. The van der Waals surface area contributed by atoms with E-state index in [1.807, 2.05) is 0 Å². The van der Waals surface area contributed by atoms with E-state index in [0.29, 0.717) is 0 Å². The molecular formula is C10H14F3NO4. The molecule has 2 atom stereocenters. The molecule has 0 saturated carbocycles. The van der Waals surface area contributed by atoms with E-state index in [4.69, 9.17) is 5.11 Å². The molecule has 1 aliphatic rings. The number of nitrogens with zero attached hydrogens (tertiary/aromatic N) is 1. The third-order valence-corrected chi connectivity index (χ3v) is 2.93. The van der Waals surface area contributed by atoms with Gasteiger partial charge in [-0.1, -0.05) is 0 Å². The summed E-state index contributed by atoms with van der Waals surface area (Å²) in [7, 11) is 1.37. The summed E-state index contributed by atoms with van der Waals surface area (Å²) in [5, 5.41) is 8.76. The van der Waals surface area contributed by atoms with E-state index in [9.17, 15) is 22.8 Å². The fraction of sp³-hybridized carbons (Fsp3) is 0.800. The molecule has 0 aliphatic carbocycles. The van der Waals surface area contributed by atoms with Gasteiger partial charge in [0.25, 0.3) is 0 Å². The van der Waals surface area contributed by atoms with Crippen molar-refractivity contribution >= 4 is 11.9 Å². The van der Waals surface area contributed by atoms with Gasteiger partial charge in [-0.15, -0.1) is 0 Å². The van der Waals surface area contributed by atoms with Crippen LogP contribution in [0.5, 0.6) is 0 Å². The maximum Gasteiger partial charge on any atom is 0.394 e. The van der Waals surface area contributed by atoms with E-state index in [1.54, 1.807) is 0 Å². The topological polar surface area (TPSA) is 66.8 Å². The fourth-order valence-corrected chi connectivity index (χ4v) is 1.94. The second-order valence-corrected chi connectivity index (χ2v) is 4.13. The molecule has 1 N–H and O–H groups in total. The van der Waals surface area contributed by atoms with Crippen LogP contribution in [0.3, 0.4) is 0 Å². The number of amides is 1. The van der Waals surface area contributed by atoms with Crippen molar-refractivity contribution in [3.63, 3.8) is 0 Å². The Hall–Kier alpha value is -1.31. The van der Waals surface area contributed by atoms with E-state index < -0.39 is 43.0 Å². The van der Waals surface area contributed by atoms with Crippen LogP contribution in [0.1, 0.15) is 6.42 Å². The first-order valence-corrected chi connectivity index (χ1v) is 5.33. The molecule has 1 amide bonds. The molecule has 0 radical (unpaired) electrons. The first kappa shape index (κ1) is 14.7. The molecule has 0 spiro atoms. The Morgan fingerprint density at radius 2 is 2.00 bits per heavy atom. The maximum absolute atomic E-state index is 12.6. The lowest BCUT2D eigenvalue weighted by atomic mass is 9.96. The number of alkyl halides is 3. The van der Waals surface area contributed by atoms with Crippen LogP contribution in [0.2, 0.25) is 0 Å². The van der Waals surface area contributed by atoms with E-state index in [1.165, 1.54) is 7.11 Å². The first-order valence-electron chi connectivity index (χ1n) is 5.33. The van der Waals surface area contributed by atoms with Gasteiger partial charge in [-0.05, 0) is 0 Å². The molecule has 1 aliphatic heterocycles. The quantitative estimate of drug-likeness (QED) is 0.817. The van der Waals surface area contributed by atoms with Crippen LogP contribution in [-0.2, 0) is 14.3 Å². The minimum Gasteiger partial charge on any atom is -0.481 e. The van der Waals surface area contributed by atoms with Gasteiger partial charge in [-0.3, -0.25) is 9.59 Å². The number of carboxylic acid groups (broad SMARTS) is 1. The minimum absolute atomic E-state index is 0.0482. The monoisotopic (exact) mass is 269 g/mol. The highest BCUT2D eigenvalue weighted by molar-refractivity contribution is 5.79. The van der Waals surface area contributed by atoms with Crippen molar-refractivity contribution < 1.29 is 32.6 Å². The van der Waals surface area contributed by atoms with Gasteiger partial charge in [0.15, 0.2) is 0 Å². The molecule has 1 heterocycles. The average Bonchev–Trinajstić information content (AvgIpc) is 2.70. The summed E-state index contributed by atoms with van der Waals surface area (Å²) < 4.78 is 42.6. The Morgan fingerprint density at radius 3 is 2.39 bits per heavy atom. The minimum atomic E-state index is -4.61. The third kappa shape index (κ3) is 3.34. The van der Waals surface area contributed by atoms with Crippen molar-refractivity contribution in [2.45, 2.75) is 12.6 Å². The summed E-state index contributed by atoms with van der Waals surface area (Å²) in [6.07, 6.45) is -4.66. The Bertz CT molecular complexity index is 332. The summed E-state index contributed by atoms with van der Waals surface area (Å²) in [5.41, 5.74) is 0. The van der Waals surface area contributed by atoms with E-state index in [2.05, 4.69) is 4.74 Å². The van der Waals surface area contributed by atoms with Crippen LogP contribution in [0.25, 0.3) is 0 Å². The van der Waals surface area contributed by atoms with E-state index in [-0.39, 0.29) is 13.0 Å². The van der Waals surface area contributed by atoms with Crippen molar-refractivity contribution in [3.8, 4) is 0 Å². The fourth-order valence-electron chi connectivity index (χ4n) is 1.94. The lowest BCUT2D eigenvalue weighted by Crippen LogP contribution is -2.34. The summed E-state index contributed by atoms with van der Waals surface area (Å²) in [5.74, 6) is -5.63. The Morgan fingerprint density at radius 1 is 1.39 bits per heavy atom. The normalized spacial score (nSPS) is 24.3. The van der Waals surface area contributed by atoms with Gasteiger partial charge in [0.2, 0.25) is 5.91 Å². The number of rotatable bonds is 4. The van der Waals surface area contributed by atoms with Gasteiger partial charge in [-0.25, -0.2) is 0 Å². The van der Waals surface area contributed by atoms with Crippen molar-refractivity contribution in [3.05, 3.63) is 0 Å². The second kappa shape index (κ2) is 5.55. The molecule has 1 fully saturated rings. The number of aliphatic carboxylic acids is 1. The van der Waals surface area contributed by atoms with Gasteiger partial charge >= 0.3 is 12.1 Å². The van der Waals surface area contributed by atoms with Crippen LogP contribution >= 0.6 is 0 Å². The SMILES string of the molecule is COCCC(=O)N1C[C@@H](C(F)(F)F)[C@H](C(=O)O)C1. The Kier molecular flexibility index (Phi) is 4.55. The number of ether oxygens (including phenoxy) is 1. The number of methoxy groups -OCH3 is 1. The number of carbonyl (C=O) groups excluding carboxylic acids is 1. The summed E-state index contributed by atoms with van der Waals surface area (Å²) in [6.45, 7) is -0.894. The average molecular weight is 269 g/mol. The molecular weight excluding hydrogens is 255 g/mol. The zero-order valence-electron chi connectivity index (χ0n) is 9.74. The number of hydrogen-bond donors (Lipinski definition) is 1. The van der Waals surface area contributed by atoms with Gasteiger partial charge in [0, 0.05) is 20.2 Å². The standard InChI is InChI=1S/C10H14F3NO4/c1-18-3-2-8(15)14-4-6(9(16)17)7(5-14)10(11,12)13/h6-7H,2-5H2,1H3,(H,16,17)/t6-,7-/m1/s1. The van der Waals surface area contributed by atoms with Gasteiger partial charge in [-0.2, -0.15) is 13.2 Å². The van der Waals surface area contributed by atoms with Crippen molar-refractivity contribution in [1.82, 2.24) is 4.90 Å². The van der Waals surface area contributed by atoms with Crippen molar-refractivity contribution in [2.24, 2.45) is 11.8 Å². The number of hydrogen-bond acceptors (Lipinski definition) is 3. The molecule has 18 heavy (non-hydrogen) atoms. The van der Waals surface area contributed by atoms with Crippen LogP contribution in [-0.4, -0.2) is 54.9 Å². The van der Waals surface area contributed by atoms with Crippen LogP contribution in [0.15, 0.2) is 0 Å². The summed E-state index contributed by atoms with van der Waals surface area (Å²) >= 11 is 0. The number of halogens is 3. The predicted molar refractivity (Wildman–Crippen MR) is 53.7 cm³/mol. The highest BCUT2D eigenvalue weighted by atomic mass is 19.4. The van der Waals surface area contributed by atoms with Crippen LogP contribution < -0.4 is 0 Å². The first-order chi connectivity index (χ1) is 8.27. The summed E-state index contributed by atoms with van der Waals surface area (Å²) in [6, 6.07) is 0. The zero-order valence-corrected chi connectivity index (χ0v) is 9.74. The predicted octanol–water partition coefficient (Wildman–Crippen LogP) is 0.744. The maximum atomic E-state index is 12.6. The van der Waals surface area contributed by atoms with Gasteiger partial charge in [0.1, 0.15) is 0 Å². The van der Waals surface area contributed by atoms with Gasteiger partial charge < -0.3 is 14.7 Å². The van der Waals surface area contributed by atoms with Crippen LogP contribution in [0, 0.1) is 11.8 Å². The molecule has 104 valence electrons. The van der Waals surface area contributed by atoms with Crippen LogP contribution in [0.4, 0.5) is 13.2 Å². The van der Waals surface area contributed by atoms with E-state index in [0.717, 1.165) is 4.90 Å². The lowest BCUT2D eigenvalue weighted by Gasteiger charge is -2.18. The zero-order chi connectivity index (χ0) is 13.9. The molecule has 0 bridgehead atoms. The second-order valence-electron chi connectivity index (χ2n) is 4.13. The smallest absolute Gasteiger partial charge is 0.394 e. The molecule has 8 heteroatoms. The van der Waals surface area contributed by atoms with Crippen molar-refractivity contribution in [1.29, 1.82) is 0 Å². The number of carboxylic acids is 1. The molecule has 0 aromatic heterocycles. The van der Waals surface area contributed by atoms with E-state index >= 15 is 0 Å².